The standard InChI is InChI=1S/C36H21N3O/c37-21-25-22-38-19-18-26(25)23-8-7-9-24(20-23)27-10-1-4-13-32(27)39-33-14-5-2-11-28(33)30-16-17-31-29-12-3-6-15-34(29)40-36(31)35(30)39/h1-20,22H. The van der Waals surface area contributed by atoms with Gasteiger partial charge in [-0.15, -0.1) is 0 Å². The Kier molecular flexibility index (Phi) is 4.85. The number of hydrogen-bond acceptors (Lipinski definition) is 3. The van der Waals surface area contributed by atoms with E-state index in [1.807, 2.05) is 30.3 Å². The van der Waals surface area contributed by atoms with E-state index in [4.69, 9.17) is 4.42 Å². The zero-order chi connectivity index (χ0) is 26.6. The summed E-state index contributed by atoms with van der Waals surface area (Å²) in [6, 6.07) is 42.2. The second-order valence-electron chi connectivity index (χ2n) is 9.92. The highest BCUT2D eigenvalue weighted by atomic mass is 16.3. The third-order valence-corrected chi connectivity index (χ3v) is 7.75. The first-order valence-electron chi connectivity index (χ1n) is 13.2. The molecule has 0 N–H and O–H groups in total. The topological polar surface area (TPSA) is 54.8 Å². The summed E-state index contributed by atoms with van der Waals surface area (Å²) in [6.45, 7) is 0. The summed E-state index contributed by atoms with van der Waals surface area (Å²) in [6.07, 6.45) is 3.35. The first-order valence-corrected chi connectivity index (χ1v) is 13.2. The highest BCUT2D eigenvalue weighted by Gasteiger charge is 2.20. The molecule has 0 bridgehead atoms. The largest absolute Gasteiger partial charge is 0.454 e. The fraction of sp³-hybridized carbons (Fsp3) is 0. The van der Waals surface area contributed by atoms with Crippen molar-refractivity contribution in [3.63, 3.8) is 0 Å². The van der Waals surface area contributed by atoms with Gasteiger partial charge < -0.3 is 8.98 Å². The molecule has 8 rings (SSSR count). The maximum atomic E-state index is 9.67. The first kappa shape index (κ1) is 22.3. The molecule has 4 nitrogen and oxygen atoms in total. The molecule has 0 amide bonds. The number of furan rings is 1. The van der Waals surface area contributed by atoms with Gasteiger partial charge in [0.15, 0.2) is 5.58 Å². The van der Waals surface area contributed by atoms with Crippen molar-refractivity contribution in [1.82, 2.24) is 9.55 Å². The highest BCUT2D eigenvalue weighted by Crippen LogP contribution is 2.42. The Bertz CT molecular complexity index is 2300. The lowest BCUT2D eigenvalue weighted by Crippen LogP contribution is -1.97. The molecule has 0 saturated heterocycles. The Hall–Kier alpha value is -5.66. The summed E-state index contributed by atoms with van der Waals surface area (Å²) in [5, 5.41) is 14.2. The van der Waals surface area contributed by atoms with Crippen LogP contribution >= 0.6 is 0 Å². The summed E-state index contributed by atoms with van der Waals surface area (Å²) in [5.74, 6) is 0. The molecule has 0 saturated carbocycles. The zero-order valence-electron chi connectivity index (χ0n) is 21.4. The fourth-order valence-corrected chi connectivity index (χ4v) is 5.98. The fourth-order valence-electron chi connectivity index (χ4n) is 5.98. The molecule has 4 heteroatoms. The van der Waals surface area contributed by atoms with E-state index < -0.39 is 0 Å². The van der Waals surface area contributed by atoms with Crippen LogP contribution in [0.2, 0.25) is 0 Å². The molecule has 40 heavy (non-hydrogen) atoms. The van der Waals surface area contributed by atoms with Gasteiger partial charge in [-0.3, -0.25) is 4.98 Å². The third-order valence-electron chi connectivity index (χ3n) is 7.75. The Morgan fingerprint density at radius 2 is 1.40 bits per heavy atom. The van der Waals surface area contributed by atoms with Crippen molar-refractivity contribution in [3.05, 3.63) is 133 Å². The van der Waals surface area contributed by atoms with E-state index in [9.17, 15) is 5.26 Å². The molecule has 0 atom stereocenters. The average molecular weight is 512 g/mol. The van der Waals surface area contributed by atoms with E-state index in [1.54, 1.807) is 12.4 Å². The quantitative estimate of drug-likeness (QED) is 0.237. The van der Waals surface area contributed by atoms with Gasteiger partial charge in [0.1, 0.15) is 11.7 Å². The van der Waals surface area contributed by atoms with Crippen LogP contribution in [0, 0.1) is 11.3 Å². The molecule has 0 aliphatic heterocycles. The molecule has 3 aromatic heterocycles. The van der Waals surface area contributed by atoms with Gasteiger partial charge in [-0.05, 0) is 47.5 Å². The summed E-state index contributed by atoms with van der Waals surface area (Å²) < 4.78 is 8.89. The molecule has 3 heterocycles. The van der Waals surface area contributed by atoms with Crippen LogP contribution < -0.4 is 0 Å². The predicted molar refractivity (Wildman–Crippen MR) is 161 cm³/mol. The molecular weight excluding hydrogens is 490 g/mol. The Labute approximate surface area is 230 Å². The van der Waals surface area contributed by atoms with Gasteiger partial charge >= 0.3 is 0 Å². The first-order chi connectivity index (χ1) is 19.8. The maximum Gasteiger partial charge on any atom is 0.160 e. The molecule has 0 fully saturated rings. The lowest BCUT2D eigenvalue weighted by atomic mass is 9.96. The maximum absolute atomic E-state index is 9.67. The molecule has 0 unspecified atom stereocenters. The van der Waals surface area contributed by atoms with Crippen molar-refractivity contribution < 1.29 is 4.42 Å². The molecule has 0 radical (unpaired) electrons. The van der Waals surface area contributed by atoms with Crippen molar-refractivity contribution in [1.29, 1.82) is 5.26 Å². The second-order valence-corrected chi connectivity index (χ2v) is 9.92. The van der Waals surface area contributed by atoms with E-state index in [-0.39, 0.29) is 0 Å². The molecular formula is C36H21N3O. The van der Waals surface area contributed by atoms with E-state index in [0.29, 0.717) is 5.56 Å². The minimum absolute atomic E-state index is 0.558. The van der Waals surface area contributed by atoms with Crippen LogP contribution in [0.5, 0.6) is 0 Å². The van der Waals surface area contributed by atoms with Crippen LogP contribution in [0.1, 0.15) is 5.56 Å². The number of rotatable bonds is 3. The number of nitrogens with zero attached hydrogens (tertiary/aromatic N) is 3. The smallest absolute Gasteiger partial charge is 0.160 e. The van der Waals surface area contributed by atoms with Crippen LogP contribution in [0.3, 0.4) is 0 Å². The number of para-hydroxylation sites is 3. The lowest BCUT2D eigenvalue weighted by Gasteiger charge is -2.15. The van der Waals surface area contributed by atoms with Crippen molar-refractivity contribution >= 4 is 43.7 Å². The van der Waals surface area contributed by atoms with Crippen molar-refractivity contribution in [2.24, 2.45) is 0 Å². The number of hydrogen-bond donors (Lipinski definition) is 0. The zero-order valence-corrected chi connectivity index (χ0v) is 21.4. The van der Waals surface area contributed by atoms with Gasteiger partial charge in [-0.25, -0.2) is 0 Å². The number of benzene rings is 5. The highest BCUT2D eigenvalue weighted by molar-refractivity contribution is 6.21. The lowest BCUT2D eigenvalue weighted by molar-refractivity contribution is 0.671. The van der Waals surface area contributed by atoms with Gasteiger partial charge in [0.2, 0.25) is 0 Å². The summed E-state index contributed by atoms with van der Waals surface area (Å²) >= 11 is 0. The molecule has 5 aromatic carbocycles. The van der Waals surface area contributed by atoms with Gasteiger partial charge in [0.05, 0.1) is 22.3 Å². The van der Waals surface area contributed by atoms with Crippen LogP contribution in [0.25, 0.3) is 71.7 Å². The van der Waals surface area contributed by atoms with Crippen LogP contribution in [-0.2, 0) is 0 Å². The summed E-state index contributed by atoms with van der Waals surface area (Å²) in [4.78, 5) is 4.13. The summed E-state index contributed by atoms with van der Waals surface area (Å²) in [5.41, 5.74) is 9.57. The van der Waals surface area contributed by atoms with Crippen molar-refractivity contribution in [2.75, 3.05) is 0 Å². The van der Waals surface area contributed by atoms with Crippen LogP contribution in [0.4, 0.5) is 0 Å². The van der Waals surface area contributed by atoms with Gasteiger partial charge in [0, 0.05) is 45.1 Å². The number of fused-ring (bicyclic) bond motifs is 7. The van der Waals surface area contributed by atoms with E-state index in [0.717, 1.165) is 66.3 Å². The normalized spacial score (nSPS) is 11.5. The molecule has 0 spiro atoms. The third kappa shape index (κ3) is 3.22. The van der Waals surface area contributed by atoms with Gasteiger partial charge in [0.25, 0.3) is 0 Å². The Balaban J connectivity index is 1.45. The Morgan fingerprint density at radius 3 is 2.30 bits per heavy atom. The van der Waals surface area contributed by atoms with E-state index in [2.05, 4.69) is 101 Å². The van der Waals surface area contributed by atoms with E-state index >= 15 is 0 Å². The Morgan fingerprint density at radius 1 is 0.650 bits per heavy atom. The SMILES string of the molecule is N#Cc1cnccc1-c1cccc(-c2ccccc2-n2c3ccccc3c3ccc4c5ccccc5oc4c32)c1. The minimum Gasteiger partial charge on any atom is -0.454 e. The molecule has 0 aliphatic carbocycles. The second kappa shape index (κ2) is 8.69. The molecule has 8 aromatic rings. The van der Waals surface area contributed by atoms with Crippen molar-refractivity contribution in [2.45, 2.75) is 0 Å². The van der Waals surface area contributed by atoms with Crippen LogP contribution in [0.15, 0.2) is 132 Å². The van der Waals surface area contributed by atoms with Gasteiger partial charge in [-0.2, -0.15) is 5.26 Å². The van der Waals surface area contributed by atoms with Gasteiger partial charge in [-0.1, -0.05) is 78.9 Å². The average Bonchev–Trinajstić information content (AvgIpc) is 3.57. The molecule has 186 valence electrons. The number of nitriles is 1. The number of aromatic nitrogens is 2. The van der Waals surface area contributed by atoms with E-state index in [1.165, 1.54) is 5.39 Å². The number of pyridine rings is 1. The van der Waals surface area contributed by atoms with Crippen molar-refractivity contribution in [3.8, 4) is 34.0 Å². The predicted octanol–water partition coefficient (Wildman–Crippen LogP) is 9.28. The minimum atomic E-state index is 0.558. The van der Waals surface area contributed by atoms with Crippen LogP contribution in [-0.4, -0.2) is 9.55 Å². The summed E-state index contributed by atoms with van der Waals surface area (Å²) in [7, 11) is 0. The molecule has 0 aliphatic rings. The monoisotopic (exact) mass is 511 g/mol.